The van der Waals surface area contributed by atoms with Crippen LogP contribution in [0.3, 0.4) is 0 Å². The van der Waals surface area contributed by atoms with E-state index in [1.807, 2.05) is 32.0 Å². The summed E-state index contributed by atoms with van der Waals surface area (Å²) in [5.74, 6) is -0.408. The van der Waals surface area contributed by atoms with Gasteiger partial charge in [-0.15, -0.1) is 0 Å². The lowest BCUT2D eigenvalue weighted by atomic mass is 10.1. The SMILES string of the molecule is Cc1ccc(NC(=O)/C(C#N)=C/c2ccc(OS(=O)(=O)c3ccc(C)cc3)cc2)cc1. The van der Waals surface area contributed by atoms with Crippen LogP contribution >= 0.6 is 0 Å². The minimum atomic E-state index is -3.95. The molecule has 0 radical (unpaired) electrons. The van der Waals surface area contributed by atoms with Crippen LogP contribution in [0.4, 0.5) is 5.69 Å². The number of rotatable bonds is 6. The fourth-order valence-corrected chi connectivity index (χ4v) is 3.58. The van der Waals surface area contributed by atoms with Gasteiger partial charge in [0.15, 0.2) is 0 Å². The molecule has 7 heteroatoms. The first-order valence-electron chi connectivity index (χ1n) is 9.38. The number of hydrogen-bond acceptors (Lipinski definition) is 5. The molecule has 0 saturated carbocycles. The third-order valence-corrected chi connectivity index (χ3v) is 5.64. The van der Waals surface area contributed by atoms with Gasteiger partial charge in [-0.25, -0.2) is 0 Å². The van der Waals surface area contributed by atoms with Gasteiger partial charge in [-0.2, -0.15) is 13.7 Å². The Bertz CT molecular complexity index is 1250. The fraction of sp³-hybridized carbons (Fsp3) is 0.0833. The van der Waals surface area contributed by atoms with Crippen LogP contribution in [0.2, 0.25) is 0 Å². The number of benzene rings is 3. The van der Waals surface area contributed by atoms with Crippen LogP contribution in [0.1, 0.15) is 16.7 Å². The molecule has 1 amide bonds. The van der Waals surface area contributed by atoms with Gasteiger partial charge >= 0.3 is 10.1 Å². The van der Waals surface area contributed by atoms with Gasteiger partial charge in [-0.3, -0.25) is 4.79 Å². The molecule has 0 heterocycles. The molecule has 1 N–H and O–H groups in total. The van der Waals surface area contributed by atoms with E-state index in [-0.39, 0.29) is 16.2 Å². The Kier molecular flexibility index (Phi) is 6.53. The quantitative estimate of drug-likeness (QED) is 0.348. The monoisotopic (exact) mass is 432 g/mol. The average molecular weight is 433 g/mol. The van der Waals surface area contributed by atoms with E-state index in [1.54, 1.807) is 36.4 Å². The first-order chi connectivity index (χ1) is 14.8. The van der Waals surface area contributed by atoms with E-state index in [0.29, 0.717) is 11.3 Å². The van der Waals surface area contributed by atoms with E-state index in [2.05, 4.69) is 5.32 Å². The Morgan fingerprint density at radius 1 is 0.903 bits per heavy atom. The zero-order chi connectivity index (χ0) is 22.4. The summed E-state index contributed by atoms with van der Waals surface area (Å²) in [5.41, 5.74) is 3.05. The van der Waals surface area contributed by atoms with Crippen molar-refractivity contribution in [2.45, 2.75) is 18.7 Å². The number of hydrogen-bond donors (Lipinski definition) is 1. The van der Waals surface area contributed by atoms with E-state index < -0.39 is 16.0 Å². The third-order valence-electron chi connectivity index (χ3n) is 4.38. The predicted molar refractivity (Wildman–Crippen MR) is 119 cm³/mol. The van der Waals surface area contributed by atoms with Gasteiger partial charge in [0.2, 0.25) is 0 Å². The Morgan fingerprint density at radius 2 is 1.45 bits per heavy atom. The maximum absolute atomic E-state index is 12.4. The smallest absolute Gasteiger partial charge is 0.339 e. The predicted octanol–water partition coefficient (Wildman–Crippen LogP) is 4.62. The van der Waals surface area contributed by atoms with E-state index in [9.17, 15) is 18.5 Å². The fourth-order valence-electron chi connectivity index (χ4n) is 2.65. The molecule has 0 unspecified atom stereocenters. The van der Waals surface area contributed by atoms with Crippen molar-refractivity contribution in [3.8, 4) is 11.8 Å². The molecule has 156 valence electrons. The number of nitrogens with one attached hydrogen (secondary N) is 1. The van der Waals surface area contributed by atoms with Crippen LogP contribution in [0.25, 0.3) is 6.08 Å². The zero-order valence-corrected chi connectivity index (χ0v) is 17.8. The van der Waals surface area contributed by atoms with E-state index in [4.69, 9.17) is 4.18 Å². The van der Waals surface area contributed by atoms with Crippen molar-refractivity contribution in [3.63, 3.8) is 0 Å². The second-order valence-corrected chi connectivity index (χ2v) is 8.46. The molecule has 0 fully saturated rings. The standard InChI is InChI=1S/C24H20N2O4S/c1-17-3-9-21(10-4-17)26-24(27)20(16-25)15-19-7-11-22(12-8-19)30-31(28,29)23-13-5-18(2)6-14-23/h3-15H,1-2H3,(H,26,27)/b20-15+. The van der Waals surface area contributed by atoms with E-state index in [0.717, 1.165) is 11.1 Å². The summed E-state index contributed by atoms with van der Waals surface area (Å²) in [6.07, 6.45) is 1.42. The van der Waals surface area contributed by atoms with Crippen LogP contribution < -0.4 is 9.50 Å². The number of carbonyl (C=O) groups is 1. The normalized spacial score (nSPS) is 11.5. The summed E-state index contributed by atoms with van der Waals surface area (Å²) in [7, 11) is -3.95. The Hall–Kier alpha value is -3.89. The average Bonchev–Trinajstić information content (AvgIpc) is 2.75. The van der Waals surface area contributed by atoms with Gasteiger partial charge in [-0.05, 0) is 61.9 Å². The highest BCUT2D eigenvalue weighted by atomic mass is 32.2. The Labute approximate surface area is 181 Å². The second-order valence-electron chi connectivity index (χ2n) is 6.91. The highest BCUT2D eigenvalue weighted by Crippen LogP contribution is 2.21. The molecule has 0 saturated heterocycles. The maximum atomic E-state index is 12.4. The molecule has 3 aromatic carbocycles. The minimum Gasteiger partial charge on any atom is -0.379 e. The number of nitriles is 1. The van der Waals surface area contributed by atoms with Gasteiger partial charge in [0.05, 0.1) is 0 Å². The third kappa shape index (κ3) is 5.81. The van der Waals surface area contributed by atoms with E-state index >= 15 is 0 Å². The van der Waals surface area contributed by atoms with E-state index in [1.165, 1.54) is 30.3 Å². The van der Waals surface area contributed by atoms with Gasteiger partial charge in [0, 0.05) is 5.69 Å². The molecule has 3 rings (SSSR count). The second kappa shape index (κ2) is 9.28. The summed E-state index contributed by atoms with van der Waals surface area (Å²) < 4.78 is 29.9. The van der Waals surface area contributed by atoms with Crippen molar-refractivity contribution in [2.75, 3.05) is 5.32 Å². The topological polar surface area (TPSA) is 96.3 Å². The Balaban J connectivity index is 1.72. The number of nitrogens with zero attached hydrogens (tertiary/aromatic N) is 1. The maximum Gasteiger partial charge on any atom is 0.339 e. The molecule has 31 heavy (non-hydrogen) atoms. The number of aryl methyl sites for hydroxylation is 2. The molecule has 0 aliphatic rings. The highest BCUT2D eigenvalue weighted by molar-refractivity contribution is 7.87. The molecule has 3 aromatic rings. The van der Waals surface area contributed by atoms with Crippen LogP contribution in [-0.2, 0) is 14.9 Å². The Morgan fingerprint density at radius 3 is 2.00 bits per heavy atom. The van der Waals surface area contributed by atoms with Crippen LogP contribution in [0.5, 0.6) is 5.75 Å². The molecule has 0 atom stereocenters. The van der Waals surface area contributed by atoms with Crippen LogP contribution in [0, 0.1) is 25.2 Å². The summed E-state index contributed by atoms with van der Waals surface area (Å²) in [6.45, 7) is 3.80. The minimum absolute atomic E-state index is 0.0571. The van der Waals surface area contributed by atoms with Gasteiger partial charge < -0.3 is 9.50 Å². The summed E-state index contributed by atoms with van der Waals surface area (Å²) in [6, 6.07) is 21.5. The summed E-state index contributed by atoms with van der Waals surface area (Å²) >= 11 is 0. The van der Waals surface area contributed by atoms with Crippen molar-refractivity contribution in [2.24, 2.45) is 0 Å². The van der Waals surface area contributed by atoms with Crippen molar-refractivity contribution in [1.82, 2.24) is 0 Å². The van der Waals surface area contributed by atoms with Gasteiger partial charge in [-0.1, -0.05) is 47.5 Å². The molecular weight excluding hydrogens is 412 g/mol. The largest absolute Gasteiger partial charge is 0.379 e. The lowest BCUT2D eigenvalue weighted by molar-refractivity contribution is -0.112. The first-order valence-corrected chi connectivity index (χ1v) is 10.8. The van der Waals surface area contributed by atoms with Crippen molar-refractivity contribution >= 4 is 27.8 Å². The van der Waals surface area contributed by atoms with Gasteiger partial charge in [0.1, 0.15) is 22.3 Å². The molecule has 0 spiro atoms. The molecule has 0 bridgehead atoms. The van der Waals surface area contributed by atoms with Crippen molar-refractivity contribution in [1.29, 1.82) is 5.26 Å². The zero-order valence-electron chi connectivity index (χ0n) is 17.0. The lowest BCUT2D eigenvalue weighted by Gasteiger charge is -2.08. The number of carbonyl (C=O) groups excluding carboxylic acids is 1. The highest BCUT2D eigenvalue weighted by Gasteiger charge is 2.16. The molecular formula is C24H20N2O4S. The molecule has 0 aliphatic heterocycles. The lowest BCUT2D eigenvalue weighted by Crippen LogP contribution is -2.13. The van der Waals surface area contributed by atoms with Crippen molar-refractivity contribution < 1.29 is 17.4 Å². The van der Waals surface area contributed by atoms with Crippen LogP contribution in [-0.4, -0.2) is 14.3 Å². The number of anilines is 1. The van der Waals surface area contributed by atoms with Crippen molar-refractivity contribution in [3.05, 3.63) is 95.1 Å². The number of amides is 1. The summed E-state index contributed by atoms with van der Waals surface area (Å²) in [5, 5.41) is 12.0. The first kappa shape index (κ1) is 21.8. The molecule has 6 nitrogen and oxygen atoms in total. The molecule has 0 aromatic heterocycles. The van der Waals surface area contributed by atoms with Gasteiger partial charge in [0.25, 0.3) is 5.91 Å². The summed E-state index contributed by atoms with van der Waals surface area (Å²) in [4.78, 5) is 12.4. The van der Waals surface area contributed by atoms with Crippen LogP contribution in [0.15, 0.2) is 83.3 Å². The molecule has 0 aliphatic carbocycles.